The number of benzene rings is 1. The minimum Gasteiger partial charge on any atom is -0.404 e. The molecule has 31 heavy (non-hydrogen) atoms. The van der Waals surface area contributed by atoms with Gasteiger partial charge >= 0.3 is 0 Å². The molecule has 1 saturated carbocycles. The van der Waals surface area contributed by atoms with E-state index in [2.05, 4.69) is 30.6 Å². The van der Waals surface area contributed by atoms with Crippen molar-refractivity contribution in [3.8, 4) is 0 Å². The molecule has 0 bridgehead atoms. The van der Waals surface area contributed by atoms with Crippen molar-refractivity contribution in [2.75, 3.05) is 25.0 Å². The van der Waals surface area contributed by atoms with E-state index in [1.807, 2.05) is 18.7 Å². The molecule has 1 atom stereocenters. The Kier molecular flexibility index (Phi) is 5.47. The second-order valence-electron chi connectivity index (χ2n) is 8.39. The SMILES string of the molecule is C[NH+]=C/C(=C\N)CN1C(=O)c2cc(S(=O)(=O)NC3(C)CC3)cc(Br)c2N2C1=NC[C@H]2C. The lowest BCUT2D eigenvalue weighted by Crippen LogP contribution is -2.64. The van der Waals surface area contributed by atoms with Crippen molar-refractivity contribution in [2.45, 2.75) is 43.2 Å². The predicted molar refractivity (Wildman–Crippen MR) is 123 cm³/mol. The molecule has 1 fully saturated rings. The van der Waals surface area contributed by atoms with Gasteiger partial charge in [0, 0.05) is 16.2 Å². The summed E-state index contributed by atoms with van der Waals surface area (Å²) in [4.78, 5) is 24.6. The maximum absolute atomic E-state index is 13.5. The number of carbonyl (C=O) groups excluding carboxylic acids is 1. The molecule has 4 rings (SSSR count). The highest BCUT2D eigenvalue weighted by Gasteiger charge is 2.44. The number of nitrogens with two attached hydrogens (primary N) is 1. The van der Waals surface area contributed by atoms with Crippen LogP contribution in [0.5, 0.6) is 0 Å². The second kappa shape index (κ2) is 7.72. The maximum Gasteiger partial charge on any atom is 0.263 e. The third-order valence-corrected chi connectivity index (χ3v) is 7.95. The number of hydrogen-bond donors (Lipinski definition) is 3. The van der Waals surface area contributed by atoms with Crippen molar-refractivity contribution in [3.63, 3.8) is 0 Å². The molecule has 0 spiro atoms. The fraction of sp³-hybridized carbons (Fsp3) is 0.450. The minimum absolute atomic E-state index is 0.0187. The van der Waals surface area contributed by atoms with Gasteiger partial charge in [-0.25, -0.2) is 13.1 Å². The molecule has 1 aromatic carbocycles. The number of hydrogen-bond acceptors (Lipinski definition) is 6. The van der Waals surface area contributed by atoms with Gasteiger partial charge < -0.3 is 10.6 Å². The van der Waals surface area contributed by atoms with Gasteiger partial charge in [0.15, 0.2) is 6.21 Å². The summed E-state index contributed by atoms with van der Waals surface area (Å²) in [5.74, 6) is 0.215. The summed E-state index contributed by atoms with van der Waals surface area (Å²) in [7, 11) is -2.02. The van der Waals surface area contributed by atoms with E-state index in [0.29, 0.717) is 33.8 Å². The Hall–Kier alpha value is -2.24. The Morgan fingerprint density at radius 1 is 1.45 bits per heavy atom. The van der Waals surface area contributed by atoms with Crippen molar-refractivity contribution < 1.29 is 18.2 Å². The average Bonchev–Trinajstić information content (AvgIpc) is 3.30. The summed E-state index contributed by atoms with van der Waals surface area (Å²) in [6, 6.07) is 3.03. The quantitative estimate of drug-likeness (QED) is 0.463. The van der Waals surface area contributed by atoms with Crippen LogP contribution in [0.2, 0.25) is 0 Å². The molecule has 166 valence electrons. The normalized spacial score (nSPS) is 22.6. The van der Waals surface area contributed by atoms with Gasteiger partial charge in [-0.1, -0.05) is 0 Å². The van der Waals surface area contributed by atoms with Crippen LogP contribution in [-0.4, -0.2) is 63.1 Å². The van der Waals surface area contributed by atoms with E-state index in [1.54, 1.807) is 19.3 Å². The third kappa shape index (κ3) is 3.90. The summed E-state index contributed by atoms with van der Waals surface area (Å²) in [6.45, 7) is 4.63. The third-order valence-electron chi connectivity index (χ3n) is 5.72. The second-order valence-corrected chi connectivity index (χ2v) is 10.9. The highest BCUT2D eigenvalue weighted by Crippen LogP contribution is 2.41. The summed E-state index contributed by atoms with van der Waals surface area (Å²) in [5.41, 5.74) is 6.97. The van der Waals surface area contributed by atoms with E-state index in [0.717, 1.165) is 12.8 Å². The molecular formula is C20H26BrN6O3S+. The van der Waals surface area contributed by atoms with Gasteiger partial charge in [0.1, 0.15) is 7.05 Å². The largest absolute Gasteiger partial charge is 0.404 e. The number of guanidine groups is 1. The van der Waals surface area contributed by atoms with Crippen molar-refractivity contribution in [2.24, 2.45) is 10.7 Å². The fourth-order valence-corrected chi connectivity index (χ4v) is 6.13. The van der Waals surface area contributed by atoms with Crippen LogP contribution in [0.3, 0.4) is 0 Å². The molecule has 2 aliphatic heterocycles. The van der Waals surface area contributed by atoms with Crippen LogP contribution in [0.25, 0.3) is 0 Å². The first-order valence-electron chi connectivity index (χ1n) is 10.0. The Morgan fingerprint density at radius 2 is 2.16 bits per heavy atom. The number of anilines is 1. The van der Waals surface area contributed by atoms with Crippen LogP contribution < -0.4 is 20.3 Å². The smallest absolute Gasteiger partial charge is 0.263 e. The van der Waals surface area contributed by atoms with Crippen LogP contribution in [0.4, 0.5) is 5.69 Å². The van der Waals surface area contributed by atoms with Gasteiger partial charge in [0.05, 0.1) is 40.9 Å². The molecule has 0 unspecified atom stereocenters. The van der Waals surface area contributed by atoms with Gasteiger partial charge in [-0.3, -0.25) is 19.7 Å². The molecule has 9 nitrogen and oxygen atoms in total. The van der Waals surface area contributed by atoms with E-state index in [1.165, 1.54) is 17.2 Å². The molecule has 3 aliphatic rings. The average molecular weight is 510 g/mol. The van der Waals surface area contributed by atoms with Crippen LogP contribution in [0.15, 0.2) is 38.3 Å². The number of nitrogens with zero attached hydrogens (tertiary/aromatic N) is 3. The molecule has 4 N–H and O–H groups in total. The summed E-state index contributed by atoms with van der Waals surface area (Å²) >= 11 is 3.51. The van der Waals surface area contributed by atoms with Crippen LogP contribution >= 0.6 is 15.9 Å². The van der Waals surface area contributed by atoms with Crippen LogP contribution in [0, 0.1) is 0 Å². The number of nitrogens with one attached hydrogen (secondary N) is 2. The molecule has 1 amide bonds. The summed E-state index contributed by atoms with van der Waals surface area (Å²) in [6.07, 6.45) is 4.74. The zero-order valence-corrected chi connectivity index (χ0v) is 20.0. The highest BCUT2D eigenvalue weighted by atomic mass is 79.9. The zero-order valence-electron chi connectivity index (χ0n) is 17.6. The van der Waals surface area contributed by atoms with Gasteiger partial charge in [-0.15, -0.1) is 0 Å². The van der Waals surface area contributed by atoms with Crippen molar-refractivity contribution in [1.29, 1.82) is 0 Å². The Bertz CT molecular complexity index is 1140. The Labute approximate surface area is 190 Å². The predicted octanol–water partition coefficient (Wildman–Crippen LogP) is -0.0760. The van der Waals surface area contributed by atoms with E-state index in [-0.39, 0.29) is 23.4 Å². The number of amides is 1. The van der Waals surface area contributed by atoms with Crippen LogP contribution in [0.1, 0.15) is 37.0 Å². The summed E-state index contributed by atoms with van der Waals surface area (Å²) in [5, 5.41) is 0. The number of halogens is 1. The zero-order chi connectivity index (χ0) is 22.6. The van der Waals surface area contributed by atoms with Gasteiger partial charge in [-0.05, 0) is 54.8 Å². The summed E-state index contributed by atoms with van der Waals surface area (Å²) < 4.78 is 29.2. The lowest BCUT2D eigenvalue weighted by atomic mass is 10.1. The van der Waals surface area contributed by atoms with E-state index >= 15 is 0 Å². The molecule has 0 radical (unpaired) electrons. The Balaban J connectivity index is 1.81. The molecule has 1 aromatic rings. The van der Waals surface area contributed by atoms with E-state index in [9.17, 15) is 13.2 Å². The van der Waals surface area contributed by atoms with Gasteiger partial charge in [0.2, 0.25) is 16.0 Å². The molecule has 2 heterocycles. The minimum atomic E-state index is -3.77. The topological polar surface area (TPSA) is 122 Å². The first-order valence-corrected chi connectivity index (χ1v) is 12.3. The van der Waals surface area contributed by atoms with Crippen molar-refractivity contribution in [1.82, 2.24) is 9.62 Å². The molecule has 1 aliphatic carbocycles. The fourth-order valence-electron chi connectivity index (χ4n) is 3.81. The standard InChI is InChI=1S/C20H25BrN6O3S/c1-12-9-24-19-26(11-13(8-22)10-23-3)18(28)15-6-14(7-16(21)17(15)27(12)19)31(29,30)25-20(2)4-5-20/h6-8,10,12,25H,4-5,9,11,22H2,1-3H3/p+1/b13-8+,23-10?/t12-/m1/s1. The van der Waals surface area contributed by atoms with E-state index < -0.39 is 15.6 Å². The number of rotatable bonds is 6. The highest BCUT2D eigenvalue weighted by molar-refractivity contribution is 9.10. The molecule has 0 aromatic heterocycles. The first kappa shape index (κ1) is 22.0. The number of carbonyl (C=O) groups is 1. The maximum atomic E-state index is 13.5. The Morgan fingerprint density at radius 3 is 2.77 bits per heavy atom. The first-order chi connectivity index (χ1) is 14.6. The van der Waals surface area contributed by atoms with Gasteiger partial charge in [0.25, 0.3) is 5.91 Å². The van der Waals surface area contributed by atoms with Crippen molar-refractivity contribution in [3.05, 3.63) is 33.9 Å². The molecule has 0 saturated heterocycles. The lowest BCUT2D eigenvalue weighted by Gasteiger charge is -2.38. The molecule has 11 heteroatoms. The van der Waals surface area contributed by atoms with Gasteiger partial charge in [-0.2, -0.15) is 0 Å². The number of fused-ring (bicyclic) bond motifs is 3. The monoisotopic (exact) mass is 509 g/mol. The number of aliphatic imine (C=N–C) groups is 1. The number of sulfonamides is 1. The van der Waals surface area contributed by atoms with E-state index in [4.69, 9.17) is 5.73 Å². The lowest BCUT2D eigenvalue weighted by molar-refractivity contribution is -0.413. The van der Waals surface area contributed by atoms with Crippen LogP contribution in [-0.2, 0) is 10.0 Å². The molecular weight excluding hydrogens is 484 g/mol. The van der Waals surface area contributed by atoms with Crippen molar-refractivity contribution >= 4 is 49.7 Å².